The molecule has 2 heterocycles. The van der Waals surface area contributed by atoms with Crippen LogP contribution in [0.15, 0.2) is 0 Å². The van der Waals surface area contributed by atoms with Gasteiger partial charge in [0.2, 0.25) is 0 Å². The Bertz CT molecular complexity index is 419. The Kier molecular flexibility index (Phi) is 3.83. The van der Waals surface area contributed by atoms with Gasteiger partial charge in [0.25, 0.3) is 0 Å². The third kappa shape index (κ3) is 2.62. The third-order valence-corrected chi connectivity index (χ3v) is 3.36. The molecule has 1 aromatic rings. The summed E-state index contributed by atoms with van der Waals surface area (Å²) in [7, 11) is -0.247. The largest absolute Gasteiger partial charge is 0.497 e. The van der Waals surface area contributed by atoms with E-state index in [-0.39, 0.29) is 12.5 Å². The number of nitrogens with zero attached hydrogens (tertiary/aromatic N) is 2. The van der Waals surface area contributed by atoms with Gasteiger partial charge in [-0.1, -0.05) is 20.8 Å². The molecule has 0 spiro atoms. The second-order valence-electron chi connectivity index (χ2n) is 5.93. The van der Waals surface area contributed by atoms with E-state index in [1.54, 1.807) is 0 Å². The van der Waals surface area contributed by atoms with E-state index < -0.39 is 0 Å². The molecule has 1 aliphatic rings. The Morgan fingerprint density at radius 3 is 2.44 bits per heavy atom. The highest BCUT2D eigenvalue weighted by molar-refractivity contribution is 6.62. The molecule has 1 saturated heterocycles. The molecular formula is C13H23BN2O2. The zero-order valence-electron chi connectivity index (χ0n) is 12.1. The molecule has 0 radical (unpaired) electrons. The minimum absolute atomic E-state index is 0.109. The quantitative estimate of drug-likeness (QED) is 0.766. The lowest BCUT2D eigenvalue weighted by Crippen LogP contribution is -2.48. The summed E-state index contributed by atoms with van der Waals surface area (Å²) >= 11 is 0. The number of hydrogen-bond acceptors (Lipinski definition) is 3. The van der Waals surface area contributed by atoms with Crippen LogP contribution in [0.4, 0.5) is 0 Å². The summed E-state index contributed by atoms with van der Waals surface area (Å²) in [5.41, 5.74) is 3.40. The van der Waals surface area contributed by atoms with Crippen LogP contribution < -0.4 is 5.46 Å². The van der Waals surface area contributed by atoms with Gasteiger partial charge in [-0.05, 0) is 20.3 Å². The topological polar surface area (TPSA) is 36.3 Å². The average molecular weight is 250 g/mol. The van der Waals surface area contributed by atoms with Crippen LogP contribution in [-0.2, 0) is 15.9 Å². The van der Waals surface area contributed by atoms with Gasteiger partial charge in [0.05, 0.1) is 5.69 Å². The van der Waals surface area contributed by atoms with Crippen molar-refractivity contribution in [3.8, 4) is 0 Å². The van der Waals surface area contributed by atoms with E-state index in [1.807, 2.05) is 6.92 Å². The Balaban J connectivity index is 2.19. The van der Waals surface area contributed by atoms with E-state index >= 15 is 0 Å². The molecule has 0 amide bonds. The summed E-state index contributed by atoms with van der Waals surface area (Å²) in [5, 5.41) is 4.57. The molecule has 0 atom stereocenters. The van der Waals surface area contributed by atoms with Crippen molar-refractivity contribution in [3.63, 3.8) is 0 Å². The molecule has 0 unspecified atom stereocenters. The molecule has 0 bridgehead atoms. The normalized spacial score (nSPS) is 19.3. The van der Waals surface area contributed by atoms with Gasteiger partial charge in [0.1, 0.15) is 0 Å². The molecule has 0 aliphatic carbocycles. The summed E-state index contributed by atoms with van der Waals surface area (Å²) in [6, 6.07) is 0. The van der Waals surface area contributed by atoms with Gasteiger partial charge in [-0.3, -0.25) is 4.68 Å². The van der Waals surface area contributed by atoms with Crippen LogP contribution in [0.5, 0.6) is 0 Å². The molecule has 0 aromatic carbocycles. The smallest absolute Gasteiger partial charge is 0.407 e. The third-order valence-electron chi connectivity index (χ3n) is 3.36. The highest BCUT2D eigenvalue weighted by Crippen LogP contribution is 2.22. The van der Waals surface area contributed by atoms with Crippen molar-refractivity contribution in [2.75, 3.05) is 13.2 Å². The second-order valence-corrected chi connectivity index (χ2v) is 5.93. The van der Waals surface area contributed by atoms with Gasteiger partial charge in [-0.25, -0.2) is 0 Å². The summed E-state index contributed by atoms with van der Waals surface area (Å²) in [5.74, 6) is 0. The molecule has 4 nitrogen and oxygen atoms in total. The highest BCUT2D eigenvalue weighted by atomic mass is 16.6. The number of rotatable bonds is 3. The Morgan fingerprint density at radius 1 is 1.28 bits per heavy atom. The number of aromatic nitrogens is 2. The molecule has 2 rings (SSSR count). The standard InChI is InChI=1S/C13H23BN2O2/c1-6-7-16-11(3)12(10(2)15-16)14-17-8-13(4,5)9-18-14/h6-9H2,1-5H3. The lowest BCUT2D eigenvalue weighted by Gasteiger charge is -2.33. The van der Waals surface area contributed by atoms with Gasteiger partial charge in [-0.15, -0.1) is 0 Å². The fourth-order valence-corrected chi connectivity index (χ4v) is 2.34. The predicted octanol–water partition coefficient (Wildman–Crippen LogP) is 1.68. The first-order valence-corrected chi connectivity index (χ1v) is 6.72. The van der Waals surface area contributed by atoms with Crippen molar-refractivity contribution in [1.29, 1.82) is 0 Å². The number of hydrogen-bond donors (Lipinski definition) is 0. The summed E-state index contributed by atoms with van der Waals surface area (Å²) in [4.78, 5) is 0. The summed E-state index contributed by atoms with van der Waals surface area (Å²) < 4.78 is 13.8. The monoisotopic (exact) mass is 250 g/mol. The Hall–Kier alpha value is -0.805. The van der Waals surface area contributed by atoms with Gasteiger partial charge in [-0.2, -0.15) is 5.10 Å². The van der Waals surface area contributed by atoms with Gasteiger partial charge in [0, 0.05) is 36.3 Å². The van der Waals surface area contributed by atoms with E-state index in [2.05, 4.69) is 37.5 Å². The van der Waals surface area contributed by atoms with Crippen LogP contribution in [0.2, 0.25) is 0 Å². The molecule has 100 valence electrons. The first-order valence-electron chi connectivity index (χ1n) is 6.72. The van der Waals surface area contributed by atoms with Crippen molar-refractivity contribution in [2.24, 2.45) is 5.41 Å². The molecule has 1 aromatic heterocycles. The van der Waals surface area contributed by atoms with Crippen LogP contribution in [0.1, 0.15) is 38.6 Å². The van der Waals surface area contributed by atoms with Crippen molar-refractivity contribution in [3.05, 3.63) is 11.4 Å². The second kappa shape index (κ2) is 5.06. The first-order chi connectivity index (χ1) is 8.44. The first kappa shape index (κ1) is 13.6. The lowest BCUT2D eigenvalue weighted by atomic mass is 9.74. The van der Waals surface area contributed by atoms with E-state index in [0.717, 1.165) is 37.3 Å². The van der Waals surface area contributed by atoms with Crippen molar-refractivity contribution >= 4 is 12.6 Å². The lowest BCUT2D eigenvalue weighted by molar-refractivity contribution is 0.0342. The molecular weight excluding hydrogens is 227 g/mol. The average Bonchev–Trinajstić information content (AvgIpc) is 2.56. The molecule has 0 saturated carbocycles. The van der Waals surface area contributed by atoms with E-state index in [1.165, 1.54) is 5.69 Å². The van der Waals surface area contributed by atoms with Crippen LogP contribution in [0.25, 0.3) is 0 Å². The van der Waals surface area contributed by atoms with Crippen LogP contribution >= 0.6 is 0 Å². The van der Waals surface area contributed by atoms with E-state index in [0.29, 0.717) is 0 Å². The van der Waals surface area contributed by atoms with Crippen molar-refractivity contribution in [2.45, 2.75) is 47.6 Å². The Labute approximate surface area is 110 Å². The Morgan fingerprint density at radius 2 is 1.89 bits per heavy atom. The fourth-order valence-electron chi connectivity index (χ4n) is 2.34. The zero-order valence-corrected chi connectivity index (χ0v) is 12.1. The summed E-state index contributed by atoms with van der Waals surface area (Å²) in [6.07, 6.45) is 1.08. The molecule has 0 N–H and O–H groups in total. The maximum absolute atomic E-state index is 5.86. The minimum Gasteiger partial charge on any atom is -0.407 e. The minimum atomic E-state index is -0.247. The van der Waals surface area contributed by atoms with Crippen LogP contribution in [0, 0.1) is 19.3 Å². The van der Waals surface area contributed by atoms with Crippen LogP contribution in [-0.4, -0.2) is 30.1 Å². The van der Waals surface area contributed by atoms with Crippen LogP contribution in [0.3, 0.4) is 0 Å². The highest BCUT2D eigenvalue weighted by Gasteiger charge is 2.36. The zero-order chi connectivity index (χ0) is 13.3. The molecule has 1 fully saturated rings. The van der Waals surface area contributed by atoms with E-state index in [4.69, 9.17) is 9.31 Å². The van der Waals surface area contributed by atoms with E-state index in [9.17, 15) is 0 Å². The summed E-state index contributed by atoms with van der Waals surface area (Å²) in [6.45, 7) is 13.0. The van der Waals surface area contributed by atoms with Crippen molar-refractivity contribution in [1.82, 2.24) is 9.78 Å². The van der Waals surface area contributed by atoms with Crippen molar-refractivity contribution < 1.29 is 9.31 Å². The maximum atomic E-state index is 5.86. The molecule has 18 heavy (non-hydrogen) atoms. The fraction of sp³-hybridized carbons (Fsp3) is 0.769. The predicted molar refractivity (Wildman–Crippen MR) is 73.1 cm³/mol. The molecule has 1 aliphatic heterocycles. The van der Waals surface area contributed by atoms with Gasteiger partial charge in [0.15, 0.2) is 0 Å². The SMILES string of the molecule is CCCn1nc(C)c(B2OCC(C)(C)CO2)c1C. The number of aryl methyl sites for hydroxylation is 2. The van der Waals surface area contributed by atoms with Gasteiger partial charge >= 0.3 is 7.12 Å². The molecule has 5 heteroatoms. The maximum Gasteiger partial charge on any atom is 0.497 e. The van der Waals surface area contributed by atoms with Gasteiger partial charge < -0.3 is 9.31 Å².